The molecule has 1 atom stereocenters. The van der Waals surface area contributed by atoms with Crippen molar-refractivity contribution < 1.29 is 9.21 Å². The fourth-order valence-corrected chi connectivity index (χ4v) is 5.80. The zero-order valence-corrected chi connectivity index (χ0v) is 20.3. The van der Waals surface area contributed by atoms with Crippen LogP contribution in [0.1, 0.15) is 38.2 Å². The molecular weight excluding hydrogens is 442 g/mol. The van der Waals surface area contributed by atoms with Crippen LogP contribution in [0.5, 0.6) is 0 Å². The minimum Gasteiger partial charge on any atom is -0.459 e. The summed E-state index contributed by atoms with van der Waals surface area (Å²) in [4.78, 5) is 19.1. The Labute approximate surface area is 204 Å². The Kier molecular flexibility index (Phi) is 6.52. The van der Waals surface area contributed by atoms with Crippen molar-refractivity contribution in [3.8, 4) is 0 Å². The first-order valence-electron chi connectivity index (χ1n) is 11.7. The SMILES string of the molecule is Cc1sc(NC(=O)c2ccco2)c([C@@H](c2ccccc2)N2CCN(c3ccccc3)CC2)c1C. The number of nitrogens with one attached hydrogen (secondary N) is 1. The Hall–Kier alpha value is -3.35. The van der Waals surface area contributed by atoms with Crippen LogP contribution in [0, 0.1) is 13.8 Å². The number of furan rings is 1. The summed E-state index contributed by atoms with van der Waals surface area (Å²) in [6.45, 7) is 8.09. The van der Waals surface area contributed by atoms with E-state index in [1.165, 1.54) is 33.5 Å². The van der Waals surface area contributed by atoms with Gasteiger partial charge in [-0.05, 0) is 49.2 Å². The van der Waals surface area contributed by atoms with Crippen LogP contribution < -0.4 is 10.2 Å². The van der Waals surface area contributed by atoms with Crippen molar-refractivity contribution in [3.05, 3.63) is 106 Å². The highest BCUT2D eigenvalue weighted by molar-refractivity contribution is 7.16. The van der Waals surface area contributed by atoms with Crippen molar-refractivity contribution in [3.63, 3.8) is 0 Å². The zero-order valence-electron chi connectivity index (χ0n) is 19.5. The van der Waals surface area contributed by atoms with E-state index in [0.29, 0.717) is 5.76 Å². The first-order chi connectivity index (χ1) is 16.6. The molecule has 3 heterocycles. The van der Waals surface area contributed by atoms with E-state index >= 15 is 0 Å². The summed E-state index contributed by atoms with van der Waals surface area (Å²) in [7, 11) is 0. The molecule has 1 N–H and O–H groups in total. The molecule has 0 bridgehead atoms. The second-order valence-electron chi connectivity index (χ2n) is 8.63. The quantitative estimate of drug-likeness (QED) is 0.368. The van der Waals surface area contributed by atoms with Crippen LogP contribution in [-0.4, -0.2) is 37.0 Å². The molecule has 34 heavy (non-hydrogen) atoms. The normalized spacial score (nSPS) is 15.3. The van der Waals surface area contributed by atoms with Gasteiger partial charge in [-0.3, -0.25) is 9.69 Å². The van der Waals surface area contributed by atoms with Crippen LogP contribution in [0.25, 0.3) is 0 Å². The Morgan fingerprint density at radius 2 is 1.59 bits per heavy atom. The highest BCUT2D eigenvalue weighted by Gasteiger charge is 2.31. The molecule has 174 valence electrons. The number of amides is 1. The number of carbonyl (C=O) groups is 1. The van der Waals surface area contributed by atoms with Gasteiger partial charge in [0.05, 0.1) is 12.3 Å². The van der Waals surface area contributed by atoms with Crippen molar-refractivity contribution in [2.45, 2.75) is 19.9 Å². The topological polar surface area (TPSA) is 48.7 Å². The van der Waals surface area contributed by atoms with Gasteiger partial charge in [0.15, 0.2) is 5.76 Å². The zero-order chi connectivity index (χ0) is 23.5. The van der Waals surface area contributed by atoms with Gasteiger partial charge in [0.25, 0.3) is 5.91 Å². The van der Waals surface area contributed by atoms with Crippen LogP contribution in [0.3, 0.4) is 0 Å². The summed E-state index contributed by atoms with van der Waals surface area (Å²) in [6, 6.07) is 24.7. The van der Waals surface area contributed by atoms with Crippen LogP contribution in [0.15, 0.2) is 83.5 Å². The number of piperazine rings is 1. The van der Waals surface area contributed by atoms with Crippen molar-refractivity contribution in [1.29, 1.82) is 0 Å². The van der Waals surface area contributed by atoms with Gasteiger partial charge in [-0.15, -0.1) is 11.3 Å². The average molecular weight is 472 g/mol. The number of anilines is 2. The lowest BCUT2D eigenvalue weighted by Crippen LogP contribution is -2.48. The third kappa shape index (κ3) is 4.52. The second kappa shape index (κ2) is 9.87. The number of para-hydroxylation sites is 1. The monoisotopic (exact) mass is 471 g/mol. The van der Waals surface area contributed by atoms with E-state index in [1.54, 1.807) is 23.5 Å². The smallest absolute Gasteiger partial charge is 0.291 e. The molecule has 5 rings (SSSR count). The predicted molar refractivity (Wildman–Crippen MR) is 139 cm³/mol. The van der Waals surface area contributed by atoms with Gasteiger partial charge < -0.3 is 14.6 Å². The van der Waals surface area contributed by atoms with E-state index in [0.717, 1.165) is 31.2 Å². The van der Waals surface area contributed by atoms with Gasteiger partial charge >= 0.3 is 0 Å². The molecule has 0 aliphatic carbocycles. The third-order valence-corrected chi connectivity index (χ3v) is 7.73. The van der Waals surface area contributed by atoms with Crippen molar-refractivity contribution >= 4 is 27.9 Å². The molecule has 0 saturated carbocycles. The number of benzene rings is 2. The number of nitrogens with zero attached hydrogens (tertiary/aromatic N) is 2. The fourth-order valence-electron chi connectivity index (χ4n) is 4.71. The minimum absolute atomic E-state index is 0.0657. The number of thiophene rings is 1. The molecule has 1 amide bonds. The first kappa shape index (κ1) is 22.4. The predicted octanol–water partition coefficient (Wildman–Crippen LogP) is 6.12. The summed E-state index contributed by atoms with van der Waals surface area (Å²) in [5.41, 5.74) is 4.93. The van der Waals surface area contributed by atoms with Crippen molar-refractivity contribution in [1.82, 2.24) is 4.90 Å². The summed E-state index contributed by atoms with van der Waals surface area (Å²) in [5.74, 6) is 0.107. The van der Waals surface area contributed by atoms with E-state index in [1.807, 2.05) is 0 Å². The molecule has 0 radical (unpaired) electrons. The van der Waals surface area contributed by atoms with Crippen LogP contribution in [-0.2, 0) is 0 Å². The highest BCUT2D eigenvalue weighted by atomic mass is 32.1. The molecule has 0 unspecified atom stereocenters. The standard InChI is InChI=1S/C28H29N3O2S/c1-20-21(2)34-28(29-27(32)24-14-9-19-33-24)25(20)26(22-10-5-3-6-11-22)31-17-15-30(16-18-31)23-12-7-4-8-13-23/h3-14,19,26H,15-18H2,1-2H3,(H,29,32)/t26-/m1/s1. The molecule has 4 aromatic rings. The summed E-state index contributed by atoms with van der Waals surface area (Å²) in [6.07, 6.45) is 1.53. The Balaban J connectivity index is 1.47. The van der Waals surface area contributed by atoms with Gasteiger partial charge in [-0.25, -0.2) is 0 Å². The summed E-state index contributed by atoms with van der Waals surface area (Å²) >= 11 is 1.64. The van der Waals surface area contributed by atoms with Gasteiger partial charge in [-0.2, -0.15) is 0 Å². The lowest BCUT2D eigenvalue weighted by molar-refractivity contribution is 0.0996. The number of aryl methyl sites for hydroxylation is 1. The van der Waals surface area contributed by atoms with Gasteiger partial charge in [0.2, 0.25) is 0 Å². The van der Waals surface area contributed by atoms with Crippen molar-refractivity contribution in [2.24, 2.45) is 0 Å². The van der Waals surface area contributed by atoms with Gasteiger partial charge in [0.1, 0.15) is 5.00 Å². The van der Waals surface area contributed by atoms with Crippen molar-refractivity contribution in [2.75, 3.05) is 36.4 Å². The molecule has 1 aliphatic heterocycles. The summed E-state index contributed by atoms with van der Waals surface area (Å²) in [5, 5.41) is 4.05. The maximum absolute atomic E-state index is 12.9. The first-order valence-corrected chi connectivity index (χ1v) is 12.5. The molecule has 2 aromatic heterocycles. The Morgan fingerprint density at radius 1 is 0.912 bits per heavy atom. The fraction of sp³-hybridized carbons (Fsp3) is 0.250. The Morgan fingerprint density at radius 3 is 2.24 bits per heavy atom. The van der Waals surface area contributed by atoms with E-state index < -0.39 is 0 Å². The van der Waals surface area contributed by atoms with Gasteiger partial charge in [0, 0.05) is 42.3 Å². The molecule has 1 saturated heterocycles. The molecule has 1 fully saturated rings. The highest BCUT2D eigenvalue weighted by Crippen LogP contribution is 2.42. The molecule has 5 nitrogen and oxygen atoms in total. The van der Waals surface area contributed by atoms with E-state index in [-0.39, 0.29) is 11.9 Å². The third-order valence-electron chi connectivity index (χ3n) is 6.59. The van der Waals surface area contributed by atoms with E-state index in [9.17, 15) is 4.79 Å². The lowest BCUT2D eigenvalue weighted by atomic mass is 9.94. The molecular formula is C28H29N3O2S. The molecule has 1 aliphatic rings. The summed E-state index contributed by atoms with van der Waals surface area (Å²) < 4.78 is 5.34. The minimum atomic E-state index is -0.215. The molecule has 6 heteroatoms. The average Bonchev–Trinajstić information content (AvgIpc) is 3.51. The van der Waals surface area contributed by atoms with Crippen LogP contribution in [0.2, 0.25) is 0 Å². The van der Waals surface area contributed by atoms with Crippen LogP contribution in [0.4, 0.5) is 10.7 Å². The molecule has 0 spiro atoms. The number of rotatable bonds is 6. The lowest BCUT2D eigenvalue weighted by Gasteiger charge is -2.41. The molecule has 2 aromatic carbocycles. The van der Waals surface area contributed by atoms with E-state index in [4.69, 9.17) is 4.42 Å². The number of hydrogen-bond acceptors (Lipinski definition) is 5. The number of hydrogen-bond donors (Lipinski definition) is 1. The van der Waals surface area contributed by atoms with Crippen LogP contribution >= 0.6 is 11.3 Å². The number of carbonyl (C=O) groups excluding carboxylic acids is 1. The Bertz CT molecular complexity index is 1230. The van der Waals surface area contributed by atoms with E-state index in [2.05, 4.69) is 89.6 Å². The second-order valence-corrected chi connectivity index (χ2v) is 9.85. The maximum Gasteiger partial charge on any atom is 0.291 e. The maximum atomic E-state index is 12.9. The van der Waals surface area contributed by atoms with Gasteiger partial charge in [-0.1, -0.05) is 48.5 Å². The largest absolute Gasteiger partial charge is 0.459 e.